The van der Waals surface area contributed by atoms with E-state index in [1.165, 1.54) is 30.3 Å². The van der Waals surface area contributed by atoms with Gasteiger partial charge in [-0.05, 0) is 18.2 Å². The molecule has 26 heavy (non-hydrogen) atoms. The summed E-state index contributed by atoms with van der Waals surface area (Å²) >= 11 is 0. The van der Waals surface area contributed by atoms with Gasteiger partial charge in [0.2, 0.25) is 0 Å². The second kappa shape index (κ2) is 6.45. The van der Waals surface area contributed by atoms with Gasteiger partial charge in [0, 0.05) is 24.2 Å². The Morgan fingerprint density at radius 2 is 2.04 bits per heavy atom. The number of aliphatic hydroxyl groups is 1. The molecule has 0 unspecified atom stereocenters. The Labute approximate surface area is 147 Å². The standard InChI is InChI=1S/C18H16F2N2O4/c19-11-1-2-15-17(4-11)25-8-12(7-23)22(15)6-10-3-14-16(5-13(10)20)26-9-18(24)21-14/h1-5,12,23H,6-9H2,(H,21,24)/t12-/m0/s1. The van der Waals surface area contributed by atoms with Crippen LogP contribution in [-0.4, -0.2) is 36.9 Å². The number of amides is 1. The van der Waals surface area contributed by atoms with Crippen LogP contribution in [0.25, 0.3) is 0 Å². The van der Waals surface area contributed by atoms with Crippen LogP contribution in [0.2, 0.25) is 0 Å². The number of nitrogens with zero attached hydrogens (tertiary/aromatic N) is 1. The molecule has 2 aromatic carbocycles. The molecule has 1 atom stereocenters. The smallest absolute Gasteiger partial charge is 0.262 e. The van der Waals surface area contributed by atoms with Crippen molar-refractivity contribution in [2.75, 3.05) is 30.0 Å². The van der Waals surface area contributed by atoms with E-state index >= 15 is 0 Å². The molecule has 0 saturated heterocycles. The second-order valence-electron chi connectivity index (χ2n) is 6.16. The van der Waals surface area contributed by atoms with Gasteiger partial charge in [0.1, 0.15) is 29.7 Å². The van der Waals surface area contributed by atoms with Gasteiger partial charge in [-0.1, -0.05) is 0 Å². The number of rotatable bonds is 3. The molecule has 0 aliphatic carbocycles. The van der Waals surface area contributed by atoms with Gasteiger partial charge in [-0.3, -0.25) is 4.79 Å². The molecule has 2 aliphatic heterocycles. The van der Waals surface area contributed by atoms with E-state index in [9.17, 15) is 18.7 Å². The largest absolute Gasteiger partial charge is 0.489 e. The molecule has 1 amide bonds. The van der Waals surface area contributed by atoms with Gasteiger partial charge in [0.15, 0.2) is 6.61 Å². The van der Waals surface area contributed by atoms with E-state index in [0.29, 0.717) is 22.7 Å². The van der Waals surface area contributed by atoms with Crippen LogP contribution in [0.5, 0.6) is 11.5 Å². The average molecular weight is 362 g/mol. The van der Waals surface area contributed by atoms with Crippen molar-refractivity contribution in [2.45, 2.75) is 12.6 Å². The summed E-state index contributed by atoms with van der Waals surface area (Å²) in [5.74, 6) is -0.632. The lowest BCUT2D eigenvalue weighted by Crippen LogP contribution is -2.45. The van der Waals surface area contributed by atoms with Gasteiger partial charge in [0.05, 0.1) is 24.0 Å². The van der Waals surface area contributed by atoms with E-state index in [1.807, 2.05) is 0 Å². The molecule has 2 aromatic rings. The predicted octanol–water partition coefficient (Wildman–Crippen LogP) is 2.06. The Morgan fingerprint density at radius 1 is 1.19 bits per heavy atom. The minimum absolute atomic E-state index is 0.113. The number of benzene rings is 2. The number of fused-ring (bicyclic) bond motifs is 2. The van der Waals surface area contributed by atoms with Crippen LogP contribution < -0.4 is 19.7 Å². The fraction of sp³-hybridized carbons (Fsp3) is 0.278. The molecule has 2 aliphatic rings. The topological polar surface area (TPSA) is 71.0 Å². The van der Waals surface area contributed by atoms with Crippen molar-refractivity contribution in [2.24, 2.45) is 0 Å². The fourth-order valence-electron chi connectivity index (χ4n) is 3.13. The molecule has 0 bridgehead atoms. The van der Waals surface area contributed by atoms with Crippen LogP contribution in [0.4, 0.5) is 20.2 Å². The van der Waals surface area contributed by atoms with Crippen molar-refractivity contribution in [1.82, 2.24) is 0 Å². The van der Waals surface area contributed by atoms with Crippen molar-refractivity contribution in [3.8, 4) is 11.5 Å². The molecule has 2 N–H and O–H groups in total. The molecule has 8 heteroatoms. The predicted molar refractivity (Wildman–Crippen MR) is 89.5 cm³/mol. The highest BCUT2D eigenvalue weighted by atomic mass is 19.1. The molecule has 0 radical (unpaired) electrons. The van der Waals surface area contributed by atoms with Crippen LogP contribution >= 0.6 is 0 Å². The molecule has 0 saturated carbocycles. The maximum Gasteiger partial charge on any atom is 0.262 e. The average Bonchev–Trinajstić information content (AvgIpc) is 2.62. The van der Waals surface area contributed by atoms with Crippen molar-refractivity contribution in [3.63, 3.8) is 0 Å². The summed E-state index contributed by atoms with van der Waals surface area (Å²) in [7, 11) is 0. The van der Waals surface area contributed by atoms with Crippen LogP contribution in [0, 0.1) is 11.6 Å². The van der Waals surface area contributed by atoms with Crippen LogP contribution in [-0.2, 0) is 11.3 Å². The van der Waals surface area contributed by atoms with E-state index in [2.05, 4.69) is 5.32 Å². The number of aliphatic hydroxyl groups excluding tert-OH is 1. The van der Waals surface area contributed by atoms with Crippen LogP contribution in [0.3, 0.4) is 0 Å². The zero-order valence-corrected chi connectivity index (χ0v) is 13.7. The molecular formula is C18H16F2N2O4. The molecule has 0 spiro atoms. The lowest BCUT2D eigenvalue weighted by Gasteiger charge is -2.38. The summed E-state index contributed by atoms with van der Waals surface area (Å²) in [4.78, 5) is 13.2. The van der Waals surface area contributed by atoms with E-state index < -0.39 is 17.7 Å². The van der Waals surface area contributed by atoms with Gasteiger partial charge in [-0.2, -0.15) is 0 Å². The van der Waals surface area contributed by atoms with Crippen molar-refractivity contribution in [3.05, 3.63) is 47.5 Å². The first-order valence-corrected chi connectivity index (χ1v) is 8.10. The van der Waals surface area contributed by atoms with Gasteiger partial charge >= 0.3 is 0 Å². The summed E-state index contributed by atoms with van der Waals surface area (Å²) < 4.78 is 38.7. The van der Waals surface area contributed by atoms with Gasteiger partial charge in [0.25, 0.3) is 5.91 Å². The number of halogens is 2. The zero-order chi connectivity index (χ0) is 18.3. The van der Waals surface area contributed by atoms with E-state index in [1.54, 1.807) is 4.90 Å². The quantitative estimate of drug-likeness (QED) is 0.875. The SMILES string of the molecule is O=C1COc2cc(F)c(CN3c4ccc(F)cc4OC[C@@H]3CO)cc2N1. The monoisotopic (exact) mass is 362 g/mol. The zero-order valence-electron chi connectivity index (χ0n) is 13.7. The highest BCUT2D eigenvalue weighted by Crippen LogP contribution is 2.37. The normalized spacial score (nSPS) is 18.3. The lowest BCUT2D eigenvalue weighted by atomic mass is 10.1. The highest BCUT2D eigenvalue weighted by Gasteiger charge is 2.29. The third kappa shape index (κ3) is 2.92. The molecule has 136 valence electrons. The third-order valence-electron chi connectivity index (χ3n) is 4.44. The molecule has 0 aromatic heterocycles. The van der Waals surface area contributed by atoms with Crippen molar-refractivity contribution in [1.29, 1.82) is 0 Å². The van der Waals surface area contributed by atoms with E-state index in [4.69, 9.17) is 9.47 Å². The molecule has 2 heterocycles. The first-order valence-electron chi connectivity index (χ1n) is 8.10. The maximum absolute atomic E-state index is 14.5. The highest BCUT2D eigenvalue weighted by molar-refractivity contribution is 5.95. The van der Waals surface area contributed by atoms with Gasteiger partial charge in [-0.15, -0.1) is 0 Å². The summed E-state index contributed by atoms with van der Waals surface area (Å²) in [5, 5.41) is 12.3. The van der Waals surface area contributed by atoms with Crippen LogP contribution in [0.1, 0.15) is 5.56 Å². The number of hydrogen-bond donors (Lipinski definition) is 2. The van der Waals surface area contributed by atoms with Crippen molar-refractivity contribution < 1.29 is 28.2 Å². The van der Waals surface area contributed by atoms with E-state index in [0.717, 1.165) is 0 Å². The minimum Gasteiger partial charge on any atom is -0.489 e. The van der Waals surface area contributed by atoms with Crippen molar-refractivity contribution >= 4 is 17.3 Å². The molecule has 6 nitrogen and oxygen atoms in total. The van der Waals surface area contributed by atoms with Gasteiger partial charge in [-0.25, -0.2) is 8.78 Å². The Hall–Kier alpha value is -2.87. The number of nitrogens with one attached hydrogen (secondary N) is 1. The molecular weight excluding hydrogens is 346 g/mol. The number of ether oxygens (including phenoxy) is 2. The third-order valence-corrected chi connectivity index (χ3v) is 4.44. The summed E-state index contributed by atoms with van der Waals surface area (Å²) in [6.45, 7) is -0.0917. The first kappa shape index (κ1) is 16.6. The number of carbonyl (C=O) groups excluding carboxylic acids is 1. The van der Waals surface area contributed by atoms with Gasteiger partial charge < -0.3 is 24.8 Å². The first-order chi connectivity index (χ1) is 12.5. The Kier molecular flexibility index (Phi) is 4.12. The van der Waals surface area contributed by atoms with E-state index in [-0.39, 0.29) is 38.0 Å². The summed E-state index contributed by atoms with van der Waals surface area (Å²) in [6, 6.07) is 6.40. The molecule has 0 fully saturated rings. The second-order valence-corrected chi connectivity index (χ2v) is 6.16. The number of carbonyl (C=O) groups is 1. The number of anilines is 2. The molecule has 4 rings (SSSR count). The van der Waals surface area contributed by atoms with Crippen LogP contribution in [0.15, 0.2) is 30.3 Å². The lowest BCUT2D eigenvalue weighted by molar-refractivity contribution is -0.118. The minimum atomic E-state index is -0.494. The number of hydrogen-bond acceptors (Lipinski definition) is 5. The fourth-order valence-corrected chi connectivity index (χ4v) is 3.13. The maximum atomic E-state index is 14.5. The Bertz CT molecular complexity index is 875. The Balaban J connectivity index is 1.70. The summed E-state index contributed by atoms with van der Waals surface area (Å²) in [6.07, 6.45) is 0. The Morgan fingerprint density at radius 3 is 2.85 bits per heavy atom. The summed E-state index contributed by atoms with van der Waals surface area (Å²) in [5.41, 5.74) is 1.27.